The molecule has 5 rings (SSSR count). The molecule has 11 nitrogen and oxygen atoms in total. The Bertz CT molecular complexity index is 1450. The molecule has 42 heavy (non-hydrogen) atoms. The number of nitrogens with zero attached hydrogens (tertiary/aromatic N) is 5. The van der Waals surface area contributed by atoms with E-state index in [0.717, 1.165) is 47.2 Å². The number of methoxy groups -OCH3 is 1. The topological polar surface area (TPSA) is 118 Å². The second kappa shape index (κ2) is 14.1. The summed E-state index contributed by atoms with van der Waals surface area (Å²) in [4.78, 5) is 21.4. The number of amides is 1. The van der Waals surface area contributed by atoms with Gasteiger partial charge in [0.2, 0.25) is 12.7 Å². The normalized spacial score (nSPS) is 15.3. The first-order valence-corrected chi connectivity index (χ1v) is 14.5. The van der Waals surface area contributed by atoms with Crippen LogP contribution >= 0.6 is 11.8 Å². The second-order valence-corrected chi connectivity index (χ2v) is 10.8. The SMILES string of the molecule is COc1ccc(OCCCN(C)CCOc2ccc3c(c2)OCO3)c([C@H]2Sc3ccccc3N(CCN=[N+]=[N-])C2=O)c1. The smallest absolute Gasteiger partial charge is 0.245 e. The van der Waals surface area contributed by atoms with Gasteiger partial charge >= 0.3 is 0 Å². The molecular formula is C30H33N5O6S. The van der Waals surface area contributed by atoms with E-state index in [9.17, 15) is 4.79 Å². The highest BCUT2D eigenvalue weighted by Crippen LogP contribution is 2.49. The molecule has 0 radical (unpaired) electrons. The van der Waals surface area contributed by atoms with Crippen molar-refractivity contribution in [1.82, 2.24) is 4.90 Å². The minimum absolute atomic E-state index is 0.0906. The molecular weight excluding hydrogens is 558 g/mol. The van der Waals surface area contributed by atoms with Crippen molar-refractivity contribution in [2.24, 2.45) is 5.11 Å². The lowest BCUT2D eigenvalue weighted by Crippen LogP contribution is -2.39. The lowest BCUT2D eigenvalue weighted by molar-refractivity contribution is -0.118. The first-order chi connectivity index (χ1) is 20.6. The highest BCUT2D eigenvalue weighted by molar-refractivity contribution is 8.00. The molecule has 2 heterocycles. The van der Waals surface area contributed by atoms with Crippen LogP contribution < -0.4 is 28.6 Å². The predicted octanol–water partition coefficient (Wildman–Crippen LogP) is 5.69. The summed E-state index contributed by atoms with van der Waals surface area (Å²) in [7, 11) is 3.64. The van der Waals surface area contributed by atoms with E-state index in [-0.39, 0.29) is 19.2 Å². The van der Waals surface area contributed by atoms with E-state index in [4.69, 9.17) is 29.2 Å². The number of benzene rings is 3. The molecule has 0 bridgehead atoms. The first-order valence-electron chi connectivity index (χ1n) is 13.7. The quantitative estimate of drug-likeness (QED) is 0.101. The molecule has 220 valence electrons. The van der Waals surface area contributed by atoms with E-state index < -0.39 is 5.25 Å². The molecule has 0 aliphatic carbocycles. The summed E-state index contributed by atoms with van der Waals surface area (Å²) >= 11 is 1.49. The number of thioether (sulfide) groups is 1. The lowest BCUT2D eigenvalue weighted by Gasteiger charge is -2.34. The number of fused-ring (bicyclic) bond motifs is 2. The van der Waals surface area contributed by atoms with Crippen molar-refractivity contribution in [3.63, 3.8) is 0 Å². The third-order valence-corrected chi connectivity index (χ3v) is 8.20. The van der Waals surface area contributed by atoms with Gasteiger partial charge in [0.25, 0.3) is 0 Å². The number of hydrogen-bond donors (Lipinski definition) is 0. The Morgan fingerprint density at radius 1 is 1.05 bits per heavy atom. The van der Waals surface area contributed by atoms with Crippen LogP contribution in [0.2, 0.25) is 0 Å². The zero-order valence-electron chi connectivity index (χ0n) is 23.6. The monoisotopic (exact) mass is 591 g/mol. The van der Waals surface area contributed by atoms with Gasteiger partial charge in [-0.1, -0.05) is 17.2 Å². The van der Waals surface area contributed by atoms with Crippen molar-refractivity contribution in [3.8, 4) is 28.7 Å². The average molecular weight is 592 g/mol. The van der Waals surface area contributed by atoms with E-state index in [1.165, 1.54) is 11.8 Å². The van der Waals surface area contributed by atoms with Crippen LogP contribution in [0.5, 0.6) is 28.7 Å². The van der Waals surface area contributed by atoms with Crippen LogP contribution in [-0.2, 0) is 4.79 Å². The van der Waals surface area contributed by atoms with Gasteiger partial charge in [0.15, 0.2) is 11.5 Å². The Kier molecular flexibility index (Phi) is 9.81. The molecule has 3 aromatic carbocycles. The number of para-hydroxylation sites is 1. The van der Waals surface area contributed by atoms with Gasteiger partial charge < -0.3 is 33.5 Å². The van der Waals surface area contributed by atoms with Crippen LogP contribution in [0.4, 0.5) is 5.69 Å². The molecule has 2 aliphatic heterocycles. The molecule has 2 aliphatic rings. The van der Waals surface area contributed by atoms with Crippen molar-refractivity contribution in [2.75, 3.05) is 65.2 Å². The summed E-state index contributed by atoms with van der Waals surface area (Å²) in [5.74, 6) is 3.38. The number of hydrogen-bond acceptors (Lipinski definition) is 9. The van der Waals surface area contributed by atoms with Gasteiger partial charge in [0.1, 0.15) is 29.1 Å². The lowest BCUT2D eigenvalue weighted by atomic mass is 10.1. The van der Waals surface area contributed by atoms with Gasteiger partial charge in [0.05, 0.1) is 19.4 Å². The molecule has 0 saturated carbocycles. The molecule has 0 spiro atoms. The molecule has 1 atom stereocenters. The molecule has 0 aromatic heterocycles. The summed E-state index contributed by atoms with van der Waals surface area (Å²) in [6.07, 6.45) is 0.791. The van der Waals surface area contributed by atoms with Crippen LogP contribution in [0.25, 0.3) is 10.4 Å². The van der Waals surface area contributed by atoms with Crippen LogP contribution in [0.1, 0.15) is 17.2 Å². The van der Waals surface area contributed by atoms with Crippen LogP contribution in [-0.4, -0.2) is 71.2 Å². The van der Waals surface area contributed by atoms with Crippen molar-refractivity contribution in [3.05, 3.63) is 76.7 Å². The maximum Gasteiger partial charge on any atom is 0.245 e. The Hall–Kier alpha value is -4.25. The summed E-state index contributed by atoms with van der Waals surface area (Å²) in [5.41, 5.74) is 10.3. The van der Waals surface area contributed by atoms with Gasteiger partial charge in [-0.25, -0.2) is 0 Å². The maximum absolute atomic E-state index is 13.8. The largest absolute Gasteiger partial charge is 0.497 e. The summed E-state index contributed by atoms with van der Waals surface area (Å²) < 4.78 is 28.3. The van der Waals surface area contributed by atoms with Crippen molar-refractivity contribution in [2.45, 2.75) is 16.6 Å². The predicted molar refractivity (Wildman–Crippen MR) is 160 cm³/mol. The zero-order valence-corrected chi connectivity index (χ0v) is 24.4. The van der Waals surface area contributed by atoms with E-state index in [1.54, 1.807) is 12.0 Å². The Labute approximate surface area is 248 Å². The number of azide groups is 1. The standard InChI is InChI=1S/C30H33N5O6S/c1-34(15-17-38-22-9-11-26-27(19-22)41-20-40-26)13-5-16-39-25-10-8-21(37-2)18-23(25)29-30(36)35(14-12-32-33-31)24-6-3-4-7-28(24)42-29/h3-4,6-11,18-19,29H,5,12-17,20H2,1-2H3/t29-/m1/s1. The fourth-order valence-electron chi connectivity index (χ4n) is 4.74. The highest BCUT2D eigenvalue weighted by atomic mass is 32.2. The molecule has 0 saturated heterocycles. The number of anilines is 1. The van der Waals surface area contributed by atoms with Gasteiger partial charge in [-0.15, -0.1) is 11.8 Å². The molecule has 3 aromatic rings. The maximum atomic E-state index is 13.8. The van der Waals surface area contributed by atoms with Crippen LogP contribution in [0, 0.1) is 0 Å². The van der Waals surface area contributed by atoms with E-state index >= 15 is 0 Å². The van der Waals surface area contributed by atoms with E-state index in [2.05, 4.69) is 14.9 Å². The average Bonchev–Trinajstić information content (AvgIpc) is 3.48. The van der Waals surface area contributed by atoms with E-state index in [0.29, 0.717) is 37.0 Å². The van der Waals surface area contributed by atoms with Crippen molar-refractivity contribution < 1.29 is 28.5 Å². The molecule has 1 amide bonds. The Balaban J connectivity index is 1.18. The fourth-order valence-corrected chi connectivity index (χ4v) is 5.99. The molecule has 0 unspecified atom stereocenters. The third kappa shape index (κ3) is 6.96. The minimum atomic E-state index is -0.535. The summed E-state index contributed by atoms with van der Waals surface area (Å²) in [6, 6.07) is 18.9. The van der Waals surface area contributed by atoms with Crippen LogP contribution in [0.3, 0.4) is 0 Å². The number of carbonyl (C=O) groups excluding carboxylic acids is 1. The molecule has 0 fully saturated rings. The Morgan fingerprint density at radius 3 is 2.74 bits per heavy atom. The molecule has 12 heteroatoms. The van der Waals surface area contributed by atoms with Crippen molar-refractivity contribution in [1.29, 1.82) is 0 Å². The molecule has 0 N–H and O–H groups in total. The van der Waals surface area contributed by atoms with Gasteiger partial charge in [-0.05, 0) is 61.5 Å². The van der Waals surface area contributed by atoms with Gasteiger partial charge in [0, 0.05) is 47.6 Å². The number of ether oxygens (including phenoxy) is 5. The highest BCUT2D eigenvalue weighted by Gasteiger charge is 2.36. The third-order valence-electron chi connectivity index (χ3n) is 6.90. The van der Waals surface area contributed by atoms with Gasteiger partial charge in [-0.2, -0.15) is 0 Å². The van der Waals surface area contributed by atoms with Gasteiger partial charge in [-0.3, -0.25) is 4.79 Å². The fraction of sp³-hybridized carbons (Fsp3) is 0.367. The summed E-state index contributed by atoms with van der Waals surface area (Å²) in [5, 5.41) is 3.10. The second-order valence-electron chi connectivity index (χ2n) is 9.68. The zero-order chi connectivity index (χ0) is 29.3. The first kappa shape index (κ1) is 29.2. The van der Waals surface area contributed by atoms with Crippen LogP contribution in [0.15, 0.2) is 70.7 Å². The van der Waals surface area contributed by atoms with Crippen molar-refractivity contribution >= 4 is 23.4 Å². The summed E-state index contributed by atoms with van der Waals surface area (Å²) in [6.45, 7) is 3.30. The number of rotatable bonds is 14. The number of carbonyl (C=O) groups is 1. The Morgan fingerprint density at radius 2 is 1.88 bits per heavy atom. The van der Waals surface area contributed by atoms with E-state index in [1.807, 2.05) is 67.7 Å². The minimum Gasteiger partial charge on any atom is -0.497 e. The number of likely N-dealkylation sites (N-methyl/N-ethyl adjacent to an activating group) is 1.